The van der Waals surface area contributed by atoms with Crippen LogP contribution in [0.1, 0.15) is 40.5 Å². The number of halogens is 3. The van der Waals surface area contributed by atoms with E-state index in [2.05, 4.69) is 5.32 Å². The predicted octanol–water partition coefficient (Wildman–Crippen LogP) is 3.58. The molecule has 3 amide bonds. The van der Waals surface area contributed by atoms with Gasteiger partial charge in [-0.05, 0) is 48.4 Å². The van der Waals surface area contributed by atoms with Crippen LogP contribution >= 0.6 is 11.3 Å². The van der Waals surface area contributed by atoms with Crippen LogP contribution in [0, 0.1) is 0 Å². The Bertz CT molecular complexity index is 925. The number of fused-ring (bicyclic) bond motifs is 2. The normalized spacial score (nSPS) is 23.1. The second-order valence-corrected chi connectivity index (χ2v) is 8.00. The number of nitrogens with zero attached hydrogens (tertiary/aromatic N) is 1. The number of carbonyl (C=O) groups excluding carboxylic acids is 2. The number of hydrogen-bond donors (Lipinski definition) is 2. The zero-order valence-electron chi connectivity index (χ0n) is 14.6. The van der Waals surface area contributed by atoms with Gasteiger partial charge < -0.3 is 10.4 Å². The van der Waals surface area contributed by atoms with Crippen LogP contribution in [0.15, 0.2) is 35.7 Å². The van der Waals surface area contributed by atoms with E-state index in [4.69, 9.17) is 0 Å². The molecular weight excluding hydrogens is 393 g/mol. The number of aliphatic hydroxyl groups is 1. The molecule has 1 aromatic heterocycles. The molecule has 2 unspecified atom stereocenters. The fourth-order valence-electron chi connectivity index (χ4n) is 3.88. The summed E-state index contributed by atoms with van der Waals surface area (Å²) < 4.78 is 38.0. The van der Waals surface area contributed by atoms with E-state index in [9.17, 15) is 27.9 Å². The first-order chi connectivity index (χ1) is 13.2. The molecule has 2 heterocycles. The molecule has 2 N–H and O–H groups in total. The van der Waals surface area contributed by atoms with E-state index in [1.54, 1.807) is 11.3 Å². The number of rotatable bonds is 3. The number of aryl methyl sites for hydroxylation is 1. The predicted molar refractivity (Wildman–Crippen MR) is 95.6 cm³/mol. The van der Waals surface area contributed by atoms with Crippen molar-refractivity contribution in [2.45, 2.75) is 37.1 Å². The van der Waals surface area contributed by atoms with Crippen LogP contribution in [-0.4, -0.2) is 28.5 Å². The maximum atomic E-state index is 13.1. The van der Waals surface area contributed by atoms with Crippen LogP contribution < -0.4 is 5.32 Å². The minimum absolute atomic E-state index is 0.203. The van der Waals surface area contributed by atoms with Crippen molar-refractivity contribution in [3.63, 3.8) is 0 Å². The lowest BCUT2D eigenvalue weighted by Gasteiger charge is -2.31. The lowest BCUT2D eigenvalue weighted by Crippen LogP contribution is -2.46. The molecule has 1 aliphatic carbocycles. The van der Waals surface area contributed by atoms with Gasteiger partial charge in [-0.15, -0.1) is 11.3 Å². The number of urea groups is 1. The van der Waals surface area contributed by atoms with E-state index in [1.165, 1.54) is 0 Å². The smallest absolute Gasteiger partial charge is 0.387 e. The molecule has 9 heteroatoms. The summed E-state index contributed by atoms with van der Waals surface area (Å²) in [5.41, 5.74) is -0.933. The fourth-order valence-corrected chi connectivity index (χ4v) is 4.88. The zero-order valence-corrected chi connectivity index (χ0v) is 15.4. The number of aliphatic hydroxyl groups excluding tert-OH is 1. The van der Waals surface area contributed by atoms with Gasteiger partial charge in [-0.1, -0.05) is 12.1 Å². The van der Waals surface area contributed by atoms with Crippen molar-refractivity contribution in [1.82, 2.24) is 10.2 Å². The second-order valence-electron chi connectivity index (χ2n) is 7.00. The molecule has 1 spiro atoms. The van der Waals surface area contributed by atoms with Gasteiger partial charge in [-0.2, -0.15) is 13.2 Å². The van der Waals surface area contributed by atoms with Crippen LogP contribution in [0.3, 0.4) is 0 Å². The van der Waals surface area contributed by atoms with Crippen molar-refractivity contribution in [2.75, 3.05) is 6.54 Å². The van der Waals surface area contributed by atoms with Gasteiger partial charge in [0.15, 0.2) is 0 Å². The Morgan fingerprint density at radius 1 is 1.21 bits per heavy atom. The number of alkyl halides is 3. The van der Waals surface area contributed by atoms with E-state index >= 15 is 0 Å². The third-order valence-corrected chi connectivity index (χ3v) is 6.30. The van der Waals surface area contributed by atoms with Gasteiger partial charge in [0.2, 0.25) is 0 Å². The number of imide groups is 1. The third kappa shape index (κ3) is 2.98. The average molecular weight is 410 g/mol. The number of thiophene rings is 1. The number of hydrogen-bond acceptors (Lipinski definition) is 4. The first-order valence-corrected chi connectivity index (χ1v) is 9.66. The van der Waals surface area contributed by atoms with Crippen molar-refractivity contribution in [3.05, 3.63) is 57.3 Å². The quantitative estimate of drug-likeness (QED) is 0.760. The first-order valence-electron chi connectivity index (χ1n) is 8.78. The Morgan fingerprint density at radius 3 is 2.61 bits per heavy atom. The van der Waals surface area contributed by atoms with Gasteiger partial charge in [0, 0.05) is 10.4 Å². The van der Waals surface area contributed by atoms with Gasteiger partial charge in [0.05, 0.1) is 18.2 Å². The van der Waals surface area contributed by atoms with Crippen molar-refractivity contribution in [2.24, 2.45) is 0 Å². The summed E-state index contributed by atoms with van der Waals surface area (Å²) in [5.74, 6) is -0.428. The number of amides is 3. The minimum atomic E-state index is -4.47. The van der Waals surface area contributed by atoms with Crippen LogP contribution in [0.2, 0.25) is 0 Å². The molecule has 0 radical (unpaired) electrons. The minimum Gasteiger partial charge on any atom is -0.387 e. The molecule has 2 atom stereocenters. The summed E-state index contributed by atoms with van der Waals surface area (Å²) >= 11 is 1.54. The lowest BCUT2D eigenvalue weighted by molar-refractivity contribution is -0.137. The Balaban J connectivity index is 1.55. The number of nitrogens with one attached hydrogen (secondary N) is 1. The molecule has 0 bridgehead atoms. The van der Waals surface area contributed by atoms with E-state index in [1.807, 2.05) is 11.4 Å². The summed E-state index contributed by atoms with van der Waals surface area (Å²) in [7, 11) is 0. The molecule has 1 saturated heterocycles. The lowest BCUT2D eigenvalue weighted by atomic mass is 9.80. The van der Waals surface area contributed by atoms with Crippen LogP contribution in [0.25, 0.3) is 0 Å². The van der Waals surface area contributed by atoms with Crippen molar-refractivity contribution in [3.8, 4) is 0 Å². The largest absolute Gasteiger partial charge is 0.416 e. The maximum Gasteiger partial charge on any atom is 0.416 e. The molecule has 2 aromatic rings. The maximum absolute atomic E-state index is 13.1. The van der Waals surface area contributed by atoms with Gasteiger partial charge in [0.1, 0.15) is 5.54 Å². The van der Waals surface area contributed by atoms with E-state index in [-0.39, 0.29) is 12.1 Å². The Labute approximate surface area is 162 Å². The van der Waals surface area contributed by atoms with Crippen LogP contribution in [0.5, 0.6) is 0 Å². The fraction of sp³-hybridized carbons (Fsp3) is 0.368. The summed E-state index contributed by atoms with van der Waals surface area (Å²) in [4.78, 5) is 27.6. The van der Waals surface area contributed by atoms with Crippen LogP contribution in [0.4, 0.5) is 18.0 Å². The summed E-state index contributed by atoms with van der Waals surface area (Å²) in [5, 5.41) is 15.1. The van der Waals surface area contributed by atoms with Gasteiger partial charge in [-0.3, -0.25) is 9.69 Å². The molecule has 2 aliphatic rings. The Morgan fingerprint density at radius 2 is 1.93 bits per heavy atom. The summed E-state index contributed by atoms with van der Waals surface area (Å²) in [6.07, 6.45) is -3.66. The average Bonchev–Trinajstić information content (AvgIpc) is 3.22. The topological polar surface area (TPSA) is 69.6 Å². The van der Waals surface area contributed by atoms with E-state index < -0.39 is 35.3 Å². The van der Waals surface area contributed by atoms with Crippen molar-refractivity contribution >= 4 is 23.3 Å². The summed E-state index contributed by atoms with van der Waals surface area (Å²) in [6.45, 7) is -0.322. The molecule has 4 rings (SSSR count). The summed E-state index contributed by atoms with van der Waals surface area (Å²) in [6, 6.07) is 5.27. The SMILES string of the molecule is O=C1NC2(CCCc3sccc32)C(=O)N1CC(O)c1ccc(C(F)(F)F)cc1. The molecule has 28 heavy (non-hydrogen) atoms. The molecule has 5 nitrogen and oxygen atoms in total. The van der Waals surface area contributed by atoms with E-state index in [0.717, 1.165) is 52.4 Å². The zero-order chi connectivity index (χ0) is 20.1. The van der Waals surface area contributed by atoms with Crippen LogP contribution in [-0.2, 0) is 22.9 Å². The highest BCUT2D eigenvalue weighted by Crippen LogP contribution is 2.42. The molecule has 0 saturated carbocycles. The van der Waals surface area contributed by atoms with Crippen molar-refractivity contribution in [1.29, 1.82) is 0 Å². The number of carbonyl (C=O) groups is 2. The Hall–Kier alpha value is -2.39. The third-order valence-electron chi connectivity index (χ3n) is 5.31. The first kappa shape index (κ1) is 18.9. The van der Waals surface area contributed by atoms with Gasteiger partial charge in [0.25, 0.3) is 5.91 Å². The molecule has 1 fully saturated rings. The molecule has 1 aliphatic heterocycles. The van der Waals surface area contributed by atoms with Crippen molar-refractivity contribution < 1.29 is 27.9 Å². The number of β-amino-alcohol motifs (C(OH)–C–C–N with tert-alkyl or cyclic N) is 1. The highest BCUT2D eigenvalue weighted by atomic mass is 32.1. The monoisotopic (exact) mass is 410 g/mol. The highest BCUT2D eigenvalue weighted by molar-refractivity contribution is 7.10. The highest BCUT2D eigenvalue weighted by Gasteiger charge is 2.54. The molecular formula is C19H17F3N2O3S. The second kappa shape index (κ2) is 6.59. The van der Waals surface area contributed by atoms with Gasteiger partial charge in [-0.25, -0.2) is 4.79 Å². The molecule has 148 valence electrons. The molecule has 1 aromatic carbocycles. The van der Waals surface area contributed by atoms with Gasteiger partial charge >= 0.3 is 12.2 Å². The number of benzene rings is 1. The van der Waals surface area contributed by atoms with E-state index in [0.29, 0.717) is 6.42 Å². The standard InChI is InChI=1S/C19H17F3N2O3S/c20-19(21,22)12-5-3-11(4-6-12)14(25)10-24-16(26)18(23-17(24)27)8-1-2-15-13(18)7-9-28-15/h3-7,9,14,25H,1-2,8,10H2,(H,23,27). The Kier molecular flexibility index (Phi) is 4.46.